The zero-order valence-corrected chi connectivity index (χ0v) is 33.0. The van der Waals surface area contributed by atoms with Crippen molar-refractivity contribution in [3.8, 4) is 35.2 Å². The standard InChI is InChI=1S/C44H47F2N5O6/c1-7-31-35(46)12-9-26-16-30(55-24-53-6)17-32(37(26)31)33-18-36-38(34-15-25(2)56-39(33)34)40(48-41(47-36)54-23-44-13-8-14-50(44)20-27(45)19-44)49-21-28-10-11-29(22-49)51(28)42(52)57-43(3,4)5/h1,9,12,15-18,27-29H,8,10-11,13-14,19-24H2,2-6H3/t27-,28-,29+,44+/m1/s1. The third-order valence-electron chi connectivity index (χ3n) is 12.0. The van der Waals surface area contributed by atoms with Gasteiger partial charge in [-0.15, -0.1) is 6.42 Å². The van der Waals surface area contributed by atoms with Crippen LogP contribution in [0.1, 0.15) is 64.2 Å². The van der Waals surface area contributed by atoms with Gasteiger partial charge in [0, 0.05) is 49.5 Å². The van der Waals surface area contributed by atoms with Crippen molar-refractivity contribution in [2.24, 2.45) is 0 Å². The number of anilines is 1. The van der Waals surface area contributed by atoms with Crippen molar-refractivity contribution < 1.29 is 36.9 Å². The van der Waals surface area contributed by atoms with Crippen LogP contribution in [0.4, 0.5) is 19.4 Å². The first-order valence-corrected chi connectivity index (χ1v) is 19.7. The number of piperazine rings is 1. The molecule has 0 N–H and O–H groups in total. The summed E-state index contributed by atoms with van der Waals surface area (Å²) in [6.45, 7) is 10.1. The number of rotatable bonds is 8. The number of carbonyl (C=O) groups is 1. The second-order valence-electron chi connectivity index (χ2n) is 17.0. The highest BCUT2D eigenvalue weighted by Crippen LogP contribution is 2.46. The van der Waals surface area contributed by atoms with Gasteiger partial charge in [0.05, 0.1) is 34.1 Å². The predicted molar refractivity (Wildman–Crippen MR) is 213 cm³/mol. The zero-order valence-electron chi connectivity index (χ0n) is 33.0. The van der Waals surface area contributed by atoms with Crippen molar-refractivity contribution in [3.05, 3.63) is 53.5 Å². The van der Waals surface area contributed by atoms with Crippen LogP contribution in [-0.2, 0) is 9.47 Å². The fourth-order valence-corrected chi connectivity index (χ4v) is 9.72. The Morgan fingerprint density at radius 1 is 1.05 bits per heavy atom. The molecule has 4 aliphatic rings. The largest absolute Gasteiger partial charge is 0.468 e. The number of hydrogen-bond acceptors (Lipinski definition) is 10. The van der Waals surface area contributed by atoms with E-state index in [1.165, 1.54) is 6.07 Å². The Hall–Kier alpha value is -5.19. The van der Waals surface area contributed by atoms with Crippen molar-refractivity contribution in [2.75, 3.05) is 51.6 Å². The molecule has 4 fully saturated rings. The predicted octanol–water partition coefficient (Wildman–Crippen LogP) is 8.15. The minimum absolute atomic E-state index is 0.00363. The Labute approximate surface area is 330 Å². The first-order valence-electron chi connectivity index (χ1n) is 19.7. The van der Waals surface area contributed by atoms with Crippen LogP contribution >= 0.6 is 0 Å². The van der Waals surface area contributed by atoms with E-state index in [0.29, 0.717) is 76.4 Å². The molecule has 4 aliphatic heterocycles. The maximum atomic E-state index is 15.4. The van der Waals surface area contributed by atoms with Crippen LogP contribution in [0.25, 0.3) is 43.8 Å². The van der Waals surface area contributed by atoms with Gasteiger partial charge in [-0.2, -0.15) is 9.97 Å². The lowest BCUT2D eigenvalue weighted by atomic mass is 9.92. The Morgan fingerprint density at radius 2 is 1.84 bits per heavy atom. The molecule has 0 spiro atoms. The smallest absolute Gasteiger partial charge is 0.410 e. The lowest BCUT2D eigenvalue weighted by molar-refractivity contribution is 0.0122. The van der Waals surface area contributed by atoms with Gasteiger partial charge in [-0.3, -0.25) is 9.80 Å². The maximum Gasteiger partial charge on any atom is 0.410 e. The number of terminal acetylenes is 1. The molecule has 4 saturated heterocycles. The minimum atomic E-state index is -0.907. The number of halogens is 2. The molecular weight excluding hydrogens is 733 g/mol. The van der Waals surface area contributed by atoms with Gasteiger partial charge in [0.15, 0.2) is 6.79 Å². The van der Waals surface area contributed by atoms with E-state index < -0.39 is 23.1 Å². The number of methoxy groups -OCH3 is 1. The number of fused-ring (bicyclic) bond motifs is 7. The molecule has 6 heterocycles. The molecule has 298 valence electrons. The molecule has 13 heteroatoms. The second-order valence-corrected chi connectivity index (χ2v) is 17.0. The van der Waals surface area contributed by atoms with E-state index >= 15 is 4.39 Å². The number of benzene rings is 3. The molecule has 11 nitrogen and oxygen atoms in total. The molecule has 2 aromatic heterocycles. The number of furan rings is 1. The van der Waals surface area contributed by atoms with Crippen LogP contribution < -0.4 is 14.4 Å². The number of carbonyl (C=O) groups excluding carboxylic acids is 1. The number of aryl methyl sites for hydroxylation is 1. The van der Waals surface area contributed by atoms with Gasteiger partial charge in [-0.1, -0.05) is 12.0 Å². The average molecular weight is 780 g/mol. The van der Waals surface area contributed by atoms with Crippen LogP contribution in [0.15, 0.2) is 40.8 Å². The fraction of sp³-hybridized carbons (Fsp3) is 0.477. The first kappa shape index (κ1) is 37.4. The van der Waals surface area contributed by atoms with Gasteiger partial charge >= 0.3 is 12.1 Å². The quantitative estimate of drug-likeness (QED) is 0.113. The lowest BCUT2D eigenvalue weighted by Crippen LogP contribution is -2.57. The molecule has 1 amide bonds. The SMILES string of the molecule is C#Cc1c(F)ccc2cc(OCOC)cc(-c3cc4nc(OC[C@@]56CCCN5C[C@H](F)C6)nc(N5C[C@H]6CC[C@@H](C5)N6C(=O)OC(C)(C)C)c4c4cc(C)oc34)c12. The van der Waals surface area contributed by atoms with Crippen molar-refractivity contribution >= 4 is 44.6 Å². The summed E-state index contributed by atoms with van der Waals surface area (Å²) in [5, 5.41) is 2.72. The summed E-state index contributed by atoms with van der Waals surface area (Å²) in [5.41, 5.74) is 1.43. The summed E-state index contributed by atoms with van der Waals surface area (Å²) in [4.78, 5) is 29.9. The van der Waals surface area contributed by atoms with Gasteiger partial charge in [-0.05, 0) is 101 Å². The molecule has 57 heavy (non-hydrogen) atoms. The van der Waals surface area contributed by atoms with Crippen molar-refractivity contribution in [1.82, 2.24) is 19.8 Å². The molecule has 3 aromatic carbocycles. The summed E-state index contributed by atoms with van der Waals surface area (Å²) < 4.78 is 60.3. The number of nitrogens with zero attached hydrogens (tertiary/aromatic N) is 5. The summed E-state index contributed by atoms with van der Waals surface area (Å²) in [5.74, 6) is 3.86. The highest BCUT2D eigenvalue weighted by Gasteiger charge is 2.50. The molecule has 5 aromatic rings. The highest BCUT2D eigenvalue weighted by molar-refractivity contribution is 6.17. The number of aromatic nitrogens is 2. The Morgan fingerprint density at radius 3 is 2.58 bits per heavy atom. The Balaban J connectivity index is 1.22. The van der Waals surface area contributed by atoms with E-state index in [1.807, 2.05) is 50.8 Å². The van der Waals surface area contributed by atoms with Crippen LogP contribution in [0, 0.1) is 25.1 Å². The van der Waals surface area contributed by atoms with Gasteiger partial charge in [0.2, 0.25) is 0 Å². The third-order valence-corrected chi connectivity index (χ3v) is 12.0. The van der Waals surface area contributed by atoms with Gasteiger partial charge in [-0.25, -0.2) is 13.6 Å². The molecule has 0 unspecified atom stereocenters. The molecule has 0 aliphatic carbocycles. The van der Waals surface area contributed by atoms with Gasteiger partial charge in [0.1, 0.15) is 47.1 Å². The summed E-state index contributed by atoms with van der Waals surface area (Å²) in [6.07, 6.45) is 8.64. The summed E-state index contributed by atoms with van der Waals surface area (Å²) >= 11 is 0. The van der Waals surface area contributed by atoms with Crippen LogP contribution in [0.5, 0.6) is 11.8 Å². The number of hydrogen-bond donors (Lipinski definition) is 0. The number of ether oxygens (including phenoxy) is 4. The molecule has 0 saturated carbocycles. The summed E-state index contributed by atoms with van der Waals surface area (Å²) in [6, 6.07) is 10.5. The zero-order chi connectivity index (χ0) is 39.8. The summed E-state index contributed by atoms with van der Waals surface area (Å²) in [7, 11) is 1.54. The lowest BCUT2D eigenvalue weighted by Gasteiger charge is -2.42. The minimum Gasteiger partial charge on any atom is -0.468 e. The van der Waals surface area contributed by atoms with Crippen LogP contribution in [-0.4, -0.2) is 102 Å². The van der Waals surface area contributed by atoms with Crippen LogP contribution in [0.3, 0.4) is 0 Å². The number of alkyl halides is 1. The highest BCUT2D eigenvalue weighted by atomic mass is 19.1. The van der Waals surface area contributed by atoms with Crippen molar-refractivity contribution in [1.29, 1.82) is 0 Å². The fourth-order valence-electron chi connectivity index (χ4n) is 9.72. The van der Waals surface area contributed by atoms with Gasteiger partial charge < -0.3 is 28.3 Å². The Kier molecular flexibility index (Phi) is 9.20. The third kappa shape index (κ3) is 6.56. The van der Waals surface area contributed by atoms with E-state index in [-0.39, 0.29) is 43.2 Å². The van der Waals surface area contributed by atoms with Gasteiger partial charge in [0.25, 0.3) is 0 Å². The van der Waals surface area contributed by atoms with E-state index in [1.54, 1.807) is 19.2 Å². The molecule has 9 rings (SSSR count). The molecule has 2 bridgehead atoms. The maximum absolute atomic E-state index is 15.4. The monoisotopic (exact) mass is 779 g/mol. The molecular formula is C44H47F2N5O6. The molecule has 0 radical (unpaired) electrons. The van der Waals surface area contributed by atoms with E-state index in [9.17, 15) is 9.18 Å². The topological polar surface area (TPSA) is 103 Å². The number of amides is 1. The average Bonchev–Trinajstić information content (AvgIpc) is 3.90. The van der Waals surface area contributed by atoms with E-state index in [2.05, 4.69) is 15.7 Å². The first-order chi connectivity index (χ1) is 27.3. The Bertz CT molecular complexity index is 2440. The van der Waals surface area contributed by atoms with E-state index in [4.69, 9.17) is 39.8 Å². The van der Waals surface area contributed by atoms with Crippen molar-refractivity contribution in [3.63, 3.8) is 0 Å². The van der Waals surface area contributed by atoms with E-state index in [0.717, 1.165) is 43.0 Å². The second kappa shape index (κ2) is 14.0. The van der Waals surface area contributed by atoms with Crippen molar-refractivity contribution in [2.45, 2.75) is 89.2 Å². The molecule has 4 atom stereocenters. The normalized spacial score (nSPS) is 23.4. The van der Waals surface area contributed by atoms with Crippen LogP contribution in [0.2, 0.25) is 0 Å².